The number of hydrogen-bond donors (Lipinski definition) is 0. The van der Waals surface area contributed by atoms with Crippen LogP contribution in [0.5, 0.6) is 0 Å². The second-order valence-corrected chi connectivity index (χ2v) is 7.78. The van der Waals surface area contributed by atoms with Crippen molar-refractivity contribution in [2.75, 3.05) is 13.1 Å². The average molecular weight is 363 g/mol. The number of halogens is 2. The van der Waals surface area contributed by atoms with Crippen LogP contribution in [0.3, 0.4) is 0 Å². The summed E-state index contributed by atoms with van der Waals surface area (Å²) < 4.78 is 0. The second kappa shape index (κ2) is 6.25. The minimum absolute atomic E-state index is 0.160. The van der Waals surface area contributed by atoms with Gasteiger partial charge in [-0.05, 0) is 44.7 Å². The highest BCUT2D eigenvalue weighted by molar-refractivity contribution is 6.35. The average Bonchev–Trinajstić information content (AvgIpc) is 2.89. The van der Waals surface area contributed by atoms with E-state index in [1.54, 1.807) is 12.4 Å². The van der Waals surface area contributed by atoms with E-state index in [0.29, 0.717) is 10.0 Å². The molecule has 1 fully saturated rings. The van der Waals surface area contributed by atoms with Crippen molar-refractivity contribution in [1.29, 1.82) is 0 Å². The molecule has 0 saturated carbocycles. The Morgan fingerprint density at radius 3 is 2.75 bits per heavy atom. The van der Waals surface area contributed by atoms with Crippen LogP contribution in [0.25, 0.3) is 0 Å². The minimum Gasteiger partial charge on any atom is -0.298 e. The first-order valence-electron chi connectivity index (χ1n) is 8.41. The van der Waals surface area contributed by atoms with Crippen LogP contribution in [-0.4, -0.2) is 32.9 Å². The fraction of sp³-hybridized carbons (Fsp3) is 0.500. The van der Waals surface area contributed by atoms with E-state index in [0.717, 1.165) is 43.9 Å². The quantitative estimate of drug-likeness (QED) is 0.810. The van der Waals surface area contributed by atoms with E-state index < -0.39 is 0 Å². The number of fused-ring (bicyclic) bond motifs is 2. The Morgan fingerprint density at radius 2 is 1.96 bits per heavy atom. The molecular formula is C18H20Cl2N4. The number of likely N-dealkylation sites (tertiary alicyclic amines) is 1. The summed E-state index contributed by atoms with van der Waals surface area (Å²) in [5.41, 5.74) is 3.73. The van der Waals surface area contributed by atoms with Crippen molar-refractivity contribution in [1.82, 2.24) is 19.9 Å². The highest BCUT2D eigenvalue weighted by Gasteiger charge is 2.43. The smallest absolute Gasteiger partial charge is 0.125 e. The first kappa shape index (κ1) is 16.2. The molecule has 2 aromatic heterocycles. The van der Waals surface area contributed by atoms with Crippen molar-refractivity contribution in [2.24, 2.45) is 0 Å². The van der Waals surface area contributed by atoms with Crippen molar-refractivity contribution in [3.63, 3.8) is 0 Å². The molecule has 1 aliphatic heterocycles. The van der Waals surface area contributed by atoms with Gasteiger partial charge >= 0.3 is 0 Å². The van der Waals surface area contributed by atoms with Crippen molar-refractivity contribution >= 4 is 23.2 Å². The van der Waals surface area contributed by atoms with Crippen molar-refractivity contribution < 1.29 is 0 Å². The van der Waals surface area contributed by atoms with Gasteiger partial charge in [0.25, 0.3) is 0 Å². The standard InChI is InChI=1S/C18H20Cl2N4/c1-12-22-7-13-3-5-18(17(13)23-12)4-2-6-24(11-18)10-14-15(19)8-21-9-16(14)20/h7-9H,2-6,10-11H2,1H3. The molecule has 6 heteroatoms. The normalized spacial score (nSPS) is 23.6. The summed E-state index contributed by atoms with van der Waals surface area (Å²) in [5.74, 6) is 0.868. The maximum atomic E-state index is 6.31. The zero-order chi connectivity index (χ0) is 16.7. The number of piperidine rings is 1. The van der Waals surface area contributed by atoms with Gasteiger partial charge in [-0.2, -0.15) is 0 Å². The summed E-state index contributed by atoms with van der Waals surface area (Å²) in [6.07, 6.45) is 9.97. The third-order valence-electron chi connectivity index (χ3n) is 5.35. The Morgan fingerprint density at radius 1 is 1.17 bits per heavy atom. The van der Waals surface area contributed by atoms with E-state index in [9.17, 15) is 0 Å². The van der Waals surface area contributed by atoms with Gasteiger partial charge in [-0.1, -0.05) is 23.2 Å². The second-order valence-electron chi connectivity index (χ2n) is 6.97. The van der Waals surface area contributed by atoms with E-state index in [1.165, 1.54) is 24.1 Å². The Balaban J connectivity index is 1.61. The lowest BCUT2D eigenvalue weighted by molar-refractivity contribution is 0.136. The Labute approximate surface area is 152 Å². The molecule has 1 aliphatic carbocycles. The van der Waals surface area contributed by atoms with Crippen LogP contribution in [0.15, 0.2) is 18.6 Å². The molecule has 2 aromatic rings. The van der Waals surface area contributed by atoms with E-state index in [2.05, 4.69) is 14.9 Å². The van der Waals surface area contributed by atoms with Gasteiger partial charge in [0.05, 0.1) is 15.7 Å². The van der Waals surface area contributed by atoms with E-state index in [1.807, 2.05) is 13.1 Å². The van der Waals surface area contributed by atoms with Crippen molar-refractivity contribution in [2.45, 2.75) is 44.6 Å². The van der Waals surface area contributed by atoms with Crippen LogP contribution >= 0.6 is 23.2 Å². The van der Waals surface area contributed by atoms with Crippen molar-refractivity contribution in [3.8, 4) is 0 Å². The van der Waals surface area contributed by atoms with Crippen LogP contribution in [0, 0.1) is 6.92 Å². The third kappa shape index (κ3) is 2.81. The van der Waals surface area contributed by atoms with E-state index >= 15 is 0 Å². The topological polar surface area (TPSA) is 41.9 Å². The highest BCUT2D eigenvalue weighted by Crippen LogP contribution is 2.44. The lowest BCUT2D eigenvalue weighted by atomic mass is 9.77. The van der Waals surface area contributed by atoms with Gasteiger partial charge in [-0.15, -0.1) is 0 Å². The molecule has 1 saturated heterocycles. The lowest BCUT2D eigenvalue weighted by Crippen LogP contribution is -2.45. The zero-order valence-electron chi connectivity index (χ0n) is 13.7. The number of pyridine rings is 1. The van der Waals surface area contributed by atoms with Gasteiger partial charge in [-0.25, -0.2) is 9.97 Å². The molecule has 126 valence electrons. The molecule has 0 amide bonds. The summed E-state index contributed by atoms with van der Waals surface area (Å²) >= 11 is 12.6. The molecule has 1 spiro atoms. The Bertz CT molecular complexity index is 755. The SMILES string of the molecule is Cc1ncc2c(n1)C1(CCCN(Cc3c(Cl)cncc3Cl)C1)CC2. The first-order valence-corrected chi connectivity index (χ1v) is 9.16. The molecule has 1 unspecified atom stereocenters. The molecule has 0 N–H and O–H groups in total. The summed E-state index contributed by atoms with van der Waals surface area (Å²) in [6, 6.07) is 0. The van der Waals surface area contributed by atoms with Crippen LogP contribution < -0.4 is 0 Å². The molecule has 2 aliphatic rings. The van der Waals surface area contributed by atoms with Crippen LogP contribution in [-0.2, 0) is 18.4 Å². The summed E-state index contributed by atoms with van der Waals surface area (Å²) in [5, 5.41) is 1.29. The molecular weight excluding hydrogens is 343 g/mol. The highest BCUT2D eigenvalue weighted by atomic mass is 35.5. The maximum absolute atomic E-state index is 6.31. The molecule has 3 heterocycles. The number of aryl methyl sites for hydroxylation is 2. The summed E-state index contributed by atoms with van der Waals surface area (Å²) in [6.45, 7) is 4.81. The van der Waals surface area contributed by atoms with Crippen LogP contribution in [0.2, 0.25) is 10.0 Å². The van der Waals surface area contributed by atoms with Gasteiger partial charge < -0.3 is 0 Å². The Kier molecular flexibility index (Phi) is 4.23. The molecule has 0 aromatic carbocycles. The van der Waals surface area contributed by atoms with Gasteiger partial charge in [0, 0.05) is 42.7 Å². The van der Waals surface area contributed by atoms with Gasteiger partial charge in [0.1, 0.15) is 5.82 Å². The Hall–Kier alpha value is -1.23. The van der Waals surface area contributed by atoms with E-state index in [-0.39, 0.29) is 5.41 Å². The number of nitrogens with zero attached hydrogens (tertiary/aromatic N) is 4. The predicted octanol–water partition coefficient (Wildman–Crippen LogP) is 3.97. The number of rotatable bonds is 2. The molecule has 0 bridgehead atoms. The fourth-order valence-corrected chi connectivity index (χ4v) is 4.69. The van der Waals surface area contributed by atoms with Gasteiger partial charge in [0.2, 0.25) is 0 Å². The molecule has 1 atom stereocenters. The first-order chi connectivity index (χ1) is 11.6. The fourth-order valence-electron chi connectivity index (χ4n) is 4.20. The maximum Gasteiger partial charge on any atom is 0.125 e. The molecule has 0 radical (unpaired) electrons. The number of hydrogen-bond acceptors (Lipinski definition) is 4. The van der Waals surface area contributed by atoms with Crippen molar-refractivity contribution in [3.05, 3.63) is 51.3 Å². The predicted molar refractivity (Wildman–Crippen MR) is 95.5 cm³/mol. The minimum atomic E-state index is 0.160. The summed E-state index contributed by atoms with van der Waals surface area (Å²) in [7, 11) is 0. The van der Waals surface area contributed by atoms with Crippen LogP contribution in [0.4, 0.5) is 0 Å². The van der Waals surface area contributed by atoms with E-state index in [4.69, 9.17) is 28.2 Å². The third-order valence-corrected chi connectivity index (χ3v) is 6.00. The molecule has 4 rings (SSSR count). The monoisotopic (exact) mass is 362 g/mol. The lowest BCUT2D eigenvalue weighted by Gasteiger charge is -2.40. The molecule has 4 nitrogen and oxygen atoms in total. The molecule has 24 heavy (non-hydrogen) atoms. The van der Waals surface area contributed by atoms with Crippen LogP contribution in [0.1, 0.15) is 41.9 Å². The zero-order valence-corrected chi connectivity index (χ0v) is 15.2. The largest absolute Gasteiger partial charge is 0.298 e. The van der Waals surface area contributed by atoms with Gasteiger partial charge in [0.15, 0.2) is 0 Å². The number of aromatic nitrogens is 3. The van der Waals surface area contributed by atoms with Gasteiger partial charge in [-0.3, -0.25) is 9.88 Å². The summed E-state index contributed by atoms with van der Waals surface area (Å²) in [4.78, 5) is 15.7.